The number of rotatable bonds is 8. The average molecular weight is 531 g/mol. The van der Waals surface area contributed by atoms with E-state index in [9.17, 15) is 8.42 Å². The number of ether oxygens (including phenoxy) is 1. The minimum Gasteiger partial charge on any atom is -0.384 e. The maximum Gasteiger partial charge on any atom is 0.240 e. The van der Waals surface area contributed by atoms with E-state index in [-0.39, 0.29) is 35.4 Å². The lowest BCUT2D eigenvalue weighted by Crippen LogP contribution is -2.40. The topological polar surface area (TPSA) is 83.0 Å². The second-order valence-electron chi connectivity index (χ2n) is 6.15. The Morgan fingerprint density at radius 3 is 2.89 bits per heavy atom. The van der Waals surface area contributed by atoms with E-state index in [2.05, 4.69) is 19.9 Å². The summed E-state index contributed by atoms with van der Waals surface area (Å²) in [7, 11) is -1.87. The maximum absolute atomic E-state index is 12.3. The molecule has 0 saturated carbocycles. The fourth-order valence-electron chi connectivity index (χ4n) is 2.88. The van der Waals surface area contributed by atoms with Crippen molar-refractivity contribution in [3.8, 4) is 0 Å². The zero-order chi connectivity index (χ0) is 19.0. The molecular formula is C17H28ClIN4O3S. The molecule has 2 rings (SSSR count). The molecule has 0 bridgehead atoms. The second-order valence-corrected chi connectivity index (χ2v) is 8.35. The van der Waals surface area contributed by atoms with Crippen LogP contribution < -0.4 is 10.0 Å². The number of halogens is 2. The van der Waals surface area contributed by atoms with E-state index in [0.717, 1.165) is 38.6 Å². The number of likely N-dealkylation sites (tertiary alicyclic amines) is 1. The van der Waals surface area contributed by atoms with Crippen LogP contribution in [0, 0.1) is 5.92 Å². The molecule has 1 aromatic carbocycles. The molecule has 2 N–H and O–H groups in total. The molecule has 1 fully saturated rings. The number of benzene rings is 1. The molecule has 27 heavy (non-hydrogen) atoms. The van der Waals surface area contributed by atoms with Crippen molar-refractivity contribution in [2.24, 2.45) is 10.9 Å². The largest absolute Gasteiger partial charge is 0.384 e. The fraction of sp³-hybridized carbons (Fsp3) is 0.588. The summed E-state index contributed by atoms with van der Waals surface area (Å²) in [5.74, 6) is 1.32. The summed E-state index contributed by atoms with van der Waals surface area (Å²) in [5, 5.41) is 3.65. The number of hydrogen-bond acceptors (Lipinski definition) is 4. The van der Waals surface area contributed by atoms with Gasteiger partial charge in [-0.25, -0.2) is 13.1 Å². The van der Waals surface area contributed by atoms with Gasteiger partial charge in [-0.2, -0.15) is 0 Å². The second kappa shape index (κ2) is 12.1. The highest BCUT2D eigenvalue weighted by atomic mass is 127. The highest BCUT2D eigenvalue weighted by Crippen LogP contribution is 2.17. The SMILES string of the molecule is CCNC(=NCCNS(=O)(=O)c1cccc(Cl)c1)N1CCC(COC)C1.I. The molecule has 1 atom stereocenters. The van der Waals surface area contributed by atoms with Crippen molar-refractivity contribution in [2.45, 2.75) is 18.2 Å². The third-order valence-corrected chi connectivity index (χ3v) is 5.79. The van der Waals surface area contributed by atoms with Crippen LogP contribution in [0.25, 0.3) is 0 Å². The van der Waals surface area contributed by atoms with Crippen LogP contribution in [0.5, 0.6) is 0 Å². The molecule has 0 spiro atoms. The Morgan fingerprint density at radius 2 is 2.22 bits per heavy atom. The summed E-state index contributed by atoms with van der Waals surface area (Å²) in [6.45, 7) is 5.92. The van der Waals surface area contributed by atoms with E-state index in [4.69, 9.17) is 16.3 Å². The molecule has 1 saturated heterocycles. The number of nitrogens with zero attached hydrogens (tertiary/aromatic N) is 2. The lowest BCUT2D eigenvalue weighted by molar-refractivity contribution is 0.157. The molecule has 0 amide bonds. The molecule has 10 heteroatoms. The van der Waals surface area contributed by atoms with Crippen LogP contribution in [0.3, 0.4) is 0 Å². The van der Waals surface area contributed by atoms with Crippen LogP contribution in [0.15, 0.2) is 34.2 Å². The first kappa shape index (κ1) is 24.4. The predicted molar refractivity (Wildman–Crippen MR) is 120 cm³/mol. The maximum atomic E-state index is 12.3. The summed E-state index contributed by atoms with van der Waals surface area (Å²) in [6, 6.07) is 6.20. The van der Waals surface area contributed by atoms with Crippen LogP contribution in [-0.4, -0.2) is 65.7 Å². The van der Waals surface area contributed by atoms with E-state index < -0.39 is 10.0 Å². The normalized spacial score (nSPS) is 17.7. The molecule has 1 unspecified atom stereocenters. The minimum atomic E-state index is -3.58. The standard InChI is InChI=1S/C17H27ClN4O3S.HI/c1-3-19-17(22-10-7-14(12-22)13-25-2)20-8-9-21-26(23,24)16-6-4-5-15(18)11-16;/h4-6,11,14,21H,3,7-10,12-13H2,1-2H3,(H,19,20);1H. The monoisotopic (exact) mass is 530 g/mol. The predicted octanol–water partition coefficient (Wildman–Crippen LogP) is 2.17. The summed E-state index contributed by atoms with van der Waals surface area (Å²) in [6.07, 6.45) is 1.07. The smallest absolute Gasteiger partial charge is 0.240 e. The summed E-state index contributed by atoms with van der Waals surface area (Å²) in [5.41, 5.74) is 0. The van der Waals surface area contributed by atoms with Crippen molar-refractivity contribution in [1.29, 1.82) is 0 Å². The van der Waals surface area contributed by atoms with Crippen molar-refractivity contribution in [1.82, 2.24) is 14.9 Å². The third-order valence-electron chi connectivity index (χ3n) is 4.09. The lowest BCUT2D eigenvalue weighted by atomic mass is 10.1. The molecule has 154 valence electrons. The van der Waals surface area contributed by atoms with Gasteiger partial charge in [-0.05, 0) is 31.5 Å². The molecule has 1 aromatic rings. The fourth-order valence-corrected chi connectivity index (χ4v) is 4.20. The summed E-state index contributed by atoms with van der Waals surface area (Å²) in [4.78, 5) is 6.89. The lowest BCUT2D eigenvalue weighted by Gasteiger charge is -2.21. The Balaban J connectivity index is 0.00000364. The van der Waals surface area contributed by atoms with Gasteiger partial charge in [0, 0.05) is 44.2 Å². The van der Waals surface area contributed by atoms with Crippen molar-refractivity contribution in [2.75, 3.05) is 46.4 Å². The van der Waals surface area contributed by atoms with Crippen molar-refractivity contribution in [3.63, 3.8) is 0 Å². The third kappa shape index (κ3) is 7.72. The Bertz CT molecular complexity index is 718. The Kier molecular flexibility index (Phi) is 10.9. The van der Waals surface area contributed by atoms with E-state index in [1.807, 2.05) is 6.92 Å². The molecule has 1 heterocycles. The number of sulfonamides is 1. The molecule has 0 aliphatic carbocycles. The van der Waals surface area contributed by atoms with Gasteiger partial charge in [0.05, 0.1) is 18.0 Å². The van der Waals surface area contributed by atoms with Crippen LogP contribution in [0.4, 0.5) is 0 Å². The van der Waals surface area contributed by atoms with Gasteiger partial charge >= 0.3 is 0 Å². The Morgan fingerprint density at radius 1 is 1.44 bits per heavy atom. The van der Waals surface area contributed by atoms with Gasteiger partial charge in [0.1, 0.15) is 0 Å². The van der Waals surface area contributed by atoms with Gasteiger partial charge < -0.3 is 15.0 Å². The first-order chi connectivity index (χ1) is 12.5. The van der Waals surface area contributed by atoms with E-state index >= 15 is 0 Å². The minimum absolute atomic E-state index is 0. The number of hydrogen-bond donors (Lipinski definition) is 2. The van der Waals surface area contributed by atoms with E-state index in [1.165, 1.54) is 12.1 Å². The first-order valence-corrected chi connectivity index (χ1v) is 10.6. The molecule has 1 aliphatic rings. The van der Waals surface area contributed by atoms with Crippen molar-refractivity contribution >= 4 is 51.6 Å². The summed E-state index contributed by atoms with van der Waals surface area (Å²) < 4.78 is 32.3. The quantitative estimate of drug-likeness (QED) is 0.233. The zero-order valence-electron chi connectivity index (χ0n) is 15.7. The van der Waals surface area contributed by atoms with Crippen molar-refractivity contribution < 1.29 is 13.2 Å². The average Bonchev–Trinajstić information content (AvgIpc) is 3.06. The Hall–Kier alpha value is -0.620. The van der Waals surface area contributed by atoms with Crippen LogP contribution in [0.2, 0.25) is 5.02 Å². The molecule has 1 aliphatic heterocycles. The molecule has 0 radical (unpaired) electrons. The van der Waals surface area contributed by atoms with Crippen LogP contribution in [0.1, 0.15) is 13.3 Å². The zero-order valence-corrected chi connectivity index (χ0v) is 19.6. The van der Waals surface area contributed by atoms with Gasteiger partial charge in [-0.1, -0.05) is 17.7 Å². The van der Waals surface area contributed by atoms with Gasteiger partial charge in [-0.15, -0.1) is 24.0 Å². The van der Waals surface area contributed by atoms with Crippen molar-refractivity contribution in [3.05, 3.63) is 29.3 Å². The molecule has 0 aromatic heterocycles. The Labute approximate surface area is 184 Å². The highest BCUT2D eigenvalue weighted by Gasteiger charge is 2.24. The van der Waals surface area contributed by atoms with Gasteiger partial charge in [-0.3, -0.25) is 4.99 Å². The molecule has 7 nitrogen and oxygen atoms in total. The number of methoxy groups -OCH3 is 1. The first-order valence-electron chi connectivity index (χ1n) is 8.73. The number of aliphatic imine (C=N–C) groups is 1. The number of guanidine groups is 1. The van der Waals surface area contributed by atoms with Gasteiger partial charge in [0.2, 0.25) is 10.0 Å². The van der Waals surface area contributed by atoms with Gasteiger partial charge in [0.25, 0.3) is 0 Å². The van der Waals surface area contributed by atoms with Crippen LogP contribution in [-0.2, 0) is 14.8 Å². The van der Waals surface area contributed by atoms with E-state index in [1.54, 1.807) is 19.2 Å². The van der Waals surface area contributed by atoms with E-state index in [0.29, 0.717) is 17.5 Å². The van der Waals surface area contributed by atoms with Gasteiger partial charge in [0.15, 0.2) is 5.96 Å². The van der Waals surface area contributed by atoms with Crippen LogP contribution >= 0.6 is 35.6 Å². The highest BCUT2D eigenvalue weighted by molar-refractivity contribution is 14.0. The number of nitrogens with one attached hydrogen (secondary N) is 2. The molecular weight excluding hydrogens is 503 g/mol. The summed E-state index contributed by atoms with van der Waals surface area (Å²) >= 11 is 5.86.